The van der Waals surface area contributed by atoms with Gasteiger partial charge in [-0.2, -0.15) is 0 Å². The maximum Gasteiger partial charge on any atom is 0.250 e. The Hall–Kier alpha value is -3.75. The number of phenols is 1. The summed E-state index contributed by atoms with van der Waals surface area (Å²) in [6, 6.07) is 16.2. The number of halogens is 2. The average molecular weight is 492 g/mol. The molecule has 3 aromatic carbocycles. The molecule has 0 radical (unpaired) electrons. The molecule has 4 atom stereocenters. The van der Waals surface area contributed by atoms with Gasteiger partial charge in [-0.1, -0.05) is 29.8 Å². The number of nitrogens with zero attached hydrogens (tertiary/aromatic N) is 1. The summed E-state index contributed by atoms with van der Waals surface area (Å²) in [5.74, 6) is -3.92. The summed E-state index contributed by atoms with van der Waals surface area (Å²) < 4.78 is 14.3. The fraction of sp³-hybridized carbons (Fsp3) is 0.192. The van der Waals surface area contributed by atoms with Crippen LogP contribution in [0.15, 0.2) is 66.7 Å². The normalized spacial score (nSPS) is 26.9. The summed E-state index contributed by atoms with van der Waals surface area (Å²) in [6.07, 6.45) is 0.309. The van der Waals surface area contributed by atoms with Crippen molar-refractivity contribution in [3.05, 3.63) is 88.7 Å². The van der Waals surface area contributed by atoms with Gasteiger partial charge >= 0.3 is 0 Å². The van der Waals surface area contributed by atoms with Gasteiger partial charge in [0.15, 0.2) is 0 Å². The predicted molar refractivity (Wildman–Crippen MR) is 126 cm³/mol. The van der Waals surface area contributed by atoms with Crippen LogP contribution in [-0.2, 0) is 26.3 Å². The van der Waals surface area contributed by atoms with Crippen LogP contribution in [0, 0.1) is 17.7 Å². The van der Waals surface area contributed by atoms with E-state index in [0.717, 1.165) is 10.5 Å². The van der Waals surface area contributed by atoms with Crippen molar-refractivity contribution in [2.75, 3.05) is 10.2 Å². The first-order valence-corrected chi connectivity index (χ1v) is 11.5. The molecule has 35 heavy (non-hydrogen) atoms. The highest BCUT2D eigenvalue weighted by molar-refractivity contribution is 6.31. The Bertz CT molecular complexity index is 1410. The van der Waals surface area contributed by atoms with Crippen LogP contribution in [0.25, 0.3) is 0 Å². The zero-order chi connectivity index (χ0) is 24.5. The lowest BCUT2D eigenvalue weighted by atomic mass is 9.76. The van der Waals surface area contributed by atoms with Gasteiger partial charge in [-0.25, -0.2) is 9.29 Å². The van der Waals surface area contributed by atoms with E-state index >= 15 is 0 Å². The Morgan fingerprint density at radius 3 is 2.51 bits per heavy atom. The Kier molecular flexibility index (Phi) is 4.74. The highest BCUT2D eigenvalue weighted by Crippen LogP contribution is 2.54. The number of carbonyl (C=O) groups is 3. The highest BCUT2D eigenvalue weighted by atomic mass is 35.5. The molecule has 0 bridgehead atoms. The van der Waals surface area contributed by atoms with E-state index in [4.69, 9.17) is 11.6 Å². The fourth-order valence-corrected chi connectivity index (χ4v) is 5.89. The number of aromatic hydroxyl groups is 1. The zero-order valence-electron chi connectivity index (χ0n) is 18.2. The number of phenolic OH excluding ortho intramolecular Hbond substituents is 1. The maximum absolute atomic E-state index is 14.3. The van der Waals surface area contributed by atoms with Crippen molar-refractivity contribution >= 4 is 40.7 Å². The number of anilines is 2. The van der Waals surface area contributed by atoms with Crippen molar-refractivity contribution in [1.29, 1.82) is 0 Å². The lowest BCUT2D eigenvalue weighted by Crippen LogP contribution is -2.53. The molecule has 3 amide bonds. The Balaban J connectivity index is 1.50. The Morgan fingerprint density at radius 1 is 1.00 bits per heavy atom. The van der Waals surface area contributed by atoms with Gasteiger partial charge in [-0.3, -0.25) is 19.7 Å². The first-order chi connectivity index (χ1) is 16.8. The molecule has 176 valence electrons. The minimum Gasteiger partial charge on any atom is -0.508 e. The van der Waals surface area contributed by atoms with E-state index in [1.807, 2.05) is 0 Å². The number of rotatable bonds is 3. The van der Waals surface area contributed by atoms with E-state index < -0.39 is 47.0 Å². The summed E-state index contributed by atoms with van der Waals surface area (Å²) in [7, 11) is 0. The van der Waals surface area contributed by atoms with Crippen LogP contribution in [0.2, 0.25) is 5.02 Å². The molecule has 3 aromatic rings. The monoisotopic (exact) mass is 491 g/mol. The minimum atomic E-state index is -1.61. The minimum absolute atomic E-state index is 0.0984. The van der Waals surface area contributed by atoms with Gasteiger partial charge in [-0.15, -0.1) is 0 Å². The highest BCUT2D eigenvalue weighted by Gasteiger charge is 2.70. The molecule has 3 aliphatic heterocycles. The third-order valence-electron chi connectivity index (χ3n) is 7.14. The van der Waals surface area contributed by atoms with Crippen molar-refractivity contribution in [2.24, 2.45) is 11.8 Å². The van der Waals surface area contributed by atoms with Gasteiger partial charge in [0.05, 0.1) is 17.5 Å². The molecule has 7 nitrogen and oxygen atoms in total. The largest absolute Gasteiger partial charge is 0.508 e. The average Bonchev–Trinajstić information content (AvgIpc) is 3.40. The lowest BCUT2D eigenvalue weighted by Gasteiger charge is -2.29. The summed E-state index contributed by atoms with van der Waals surface area (Å²) in [5.41, 5.74) is 0.215. The Labute approximate surface area is 204 Å². The molecule has 3 N–H and O–H groups in total. The molecule has 6 rings (SSSR count). The number of hydrogen-bond acceptors (Lipinski definition) is 5. The number of carbonyl (C=O) groups excluding carboxylic acids is 3. The second-order valence-electron chi connectivity index (χ2n) is 9.07. The lowest BCUT2D eigenvalue weighted by molar-refractivity contribution is -0.130. The van der Waals surface area contributed by atoms with E-state index in [1.165, 1.54) is 36.4 Å². The molecule has 0 aliphatic carbocycles. The molecule has 0 saturated carbocycles. The standard InChI is InChI=1S/C26H19ClFN3O4/c27-14-2-1-3-16(11-14)31-23(33)21-20(10-13-4-7-17(32)8-5-13)30-26(22(21)24(31)34)18-12-15(28)6-9-19(18)29-25(26)35/h1-9,11-12,20-22,30,32H,10H2,(H,29,35). The molecular weight excluding hydrogens is 473 g/mol. The van der Waals surface area contributed by atoms with Crippen LogP contribution in [0.1, 0.15) is 11.1 Å². The Morgan fingerprint density at radius 2 is 1.77 bits per heavy atom. The van der Waals surface area contributed by atoms with E-state index in [1.54, 1.807) is 30.3 Å². The van der Waals surface area contributed by atoms with Crippen molar-refractivity contribution < 1.29 is 23.9 Å². The number of nitrogens with one attached hydrogen (secondary N) is 2. The third-order valence-corrected chi connectivity index (χ3v) is 7.37. The molecule has 4 unspecified atom stereocenters. The van der Waals surface area contributed by atoms with Gasteiger partial charge in [0.2, 0.25) is 17.7 Å². The van der Waals surface area contributed by atoms with Crippen LogP contribution in [0.3, 0.4) is 0 Å². The molecule has 1 spiro atoms. The molecule has 3 heterocycles. The van der Waals surface area contributed by atoms with Crippen LogP contribution in [-0.4, -0.2) is 28.9 Å². The van der Waals surface area contributed by atoms with Gasteiger partial charge in [-0.05, 0) is 60.5 Å². The van der Waals surface area contributed by atoms with Crippen LogP contribution in [0.4, 0.5) is 15.8 Å². The van der Waals surface area contributed by atoms with E-state index in [9.17, 15) is 23.9 Å². The van der Waals surface area contributed by atoms with Crippen molar-refractivity contribution in [1.82, 2.24) is 5.32 Å². The van der Waals surface area contributed by atoms with Crippen molar-refractivity contribution in [3.8, 4) is 5.75 Å². The number of fused-ring (bicyclic) bond motifs is 4. The second kappa shape index (κ2) is 7.63. The molecule has 2 fully saturated rings. The van der Waals surface area contributed by atoms with Gasteiger partial charge in [0.25, 0.3) is 0 Å². The quantitative estimate of drug-likeness (QED) is 0.488. The zero-order valence-corrected chi connectivity index (χ0v) is 18.9. The summed E-state index contributed by atoms with van der Waals surface area (Å²) in [6.45, 7) is 0. The van der Waals surface area contributed by atoms with E-state index in [2.05, 4.69) is 10.6 Å². The first-order valence-electron chi connectivity index (χ1n) is 11.1. The number of amides is 3. The fourth-order valence-electron chi connectivity index (χ4n) is 5.70. The SMILES string of the molecule is O=C1C2C(Cc3ccc(O)cc3)NC3(C(=O)Nc4ccc(F)cc43)C2C(=O)N1c1cccc(Cl)c1. The van der Waals surface area contributed by atoms with Gasteiger partial charge in [0, 0.05) is 22.3 Å². The summed E-state index contributed by atoms with van der Waals surface area (Å²) >= 11 is 6.13. The predicted octanol–water partition coefficient (Wildman–Crippen LogP) is 3.35. The van der Waals surface area contributed by atoms with E-state index in [0.29, 0.717) is 28.4 Å². The van der Waals surface area contributed by atoms with Crippen LogP contribution in [0.5, 0.6) is 5.75 Å². The molecule has 3 aliphatic rings. The second-order valence-corrected chi connectivity index (χ2v) is 9.51. The topological polar surface area (TPSA) is 98.7 Å². The molecule has 9 heteroatoms. The maximum atomic E-state index is 14.3. The number of imide groups is 1. The smallest absolute Gasteiger partial charge is 0.250 e. The van der Waals surface area contributed by atoms with E-state index in [-0.39, 0.29) is 5.75 Å². The summed E-state index contributed by atoms with van der Waals surface area (Å²) in [5, 5.41) is 16.0. The van der Waals surface area contributed by atoms with Gasteiger partial charge in [0.1, 0.15) is 17.1 Å². The third kappa shape index (κ3) is 3.10. The van der Waals surface area contributed by atoms with Crippen molar-refractivity contribution in [3.63, 3.8) is 0 Å². The first kappa shape index (κ1) is 21.8. The summed E-state index contributed by atoms with van der Waals surface area (Å²) in [4.78, 5) is 42.2. The molecule has 2 saturated heterocycles. The number of benzene rings is 3. The van der Waals surface area contributed by atoms with Crippen LogP contribution >= 0.6 is 11.6 Å². The van der Waals surface area contributed by atoms with Crippen molar-refractivity contribution in [2.45, 2.75) is 18.0 Å². The van der Waals surface area contributed by atoms with Gasteiger partial charge < -0.3 is 10.4 Å². The van der Waals surface area contributed by atoms with Crippen LogP contribution < -0.4 is 15.5 Å². The number of hydrogen-bond donors (Lipinski definition) is 3. The molecular formula is C26H19ClFN3O4. The molecule has 0 aromatic heterocycles.